The zero-order valence-corrected chi connectivity index (χ0v) is 15.8. The van der Waals surface area contributed by atoms with E-state index in [1.807, 2.05) is 25.1 Å². The summed E-state index contributed by atoms with van der Waals surface area (Å²) in [5.41, 5.74) is 0.713. The number of carboxylic acid groups (broad SMARTS) is 1. The highest BCUT2D eigenvalue weighted by Gasteiger charge is 2.36. The van der Waals surface area contributed by atoms with E-state index < -0.39 is 11.9 Å². The van der Waals surface area contributed by atoms with Gasteiger partial charge in [0.25, 0.3) is 5.91 Å². The van der Waals surface area contributed by atoms with Crippen LogP contribution in [-0.4, -0.2) is 49.7 Å². The third-order valence-corrected chi connectivity index (χ3v) is 5.68. The summed E-state index contributed by atoms with van der Waals surface area (Å²) in [5.74, 6) is -0.353. The lowest BCUT2D eigenvalue weighted by molar-refractivity contribution is -0.145. The van der Waals surface area contributed by atoms with Gasteiger partial charge in [-0.05, 0) is 37.3 Å². The van der Waals surface area contributed by atoms with Crippen molar-refractivity contribution in [2.24, 2.45) is 11.8 Å². The number of rotatable bonds is 4. The third kappa shape index (κ3) is 3.43. The van der Waals surface area contributed by atoms with Crippen LogP contribution >= 0.6 is 11.6 Å². The minimum Gasteiger partial charge on any atom is -0.481 e. The van der Waals surface area contributed by atoms with Gasteiger partial charge >= 0.3 is 5.97 Å². The molecule has 2 unspecified atom stereocenters. The summed E-state index contributed by atoms with van der Waals surface area (Å²) < 4.78 is 1.68. The number of carbonyl (C=O) groups is 2. The molecule has 7 nitrogen and oxygen atoms in total. The lowest BCUT2D eigenvalue weighted by Gasteiger charge is -2.34. The molecule has 1 amide bonds. The lowest BCUT2D eigenvalue weighted by Crippen LogP contribution is -2.45. The molecule has 1 aliphatic carbocycles. The molecule has 2 fully saturated rings. The number of piperidine rings is 1. The first-order valence-electron chi connectivity index (χ1n) is 9.19. The fraction of sp³-hybridized carbons (Fsp3) is 0.474. The van der Waals surface area contributed by atoms with E-state index in [9.17, 15) is 14.7 Å². The molecule has 0 radical (unpaired) electrons. The predicted octanol–water partition coefficient (Wildman–Crippen LogP) is 2.98. The van der Waals surface area contributed by atoms with Gasteiger partial charge in [0.1, 0.15) is 5.82 Å². The minimum absolute atomic E-state index is 0.103. The van der Waals surface area contributed by atoms with Gasteiger partial charge in [0, 0.05) is 19.0 Å². The zero-order valence-electron chi connectivity index (χ0n) is 15.0. The van der Waals surface area contributed by atoms with Crippen LogP contribution in [0.5, 0.6) is 0 Å². The molecule has 8 heteroatoms. The molecule has 27 heavy (non-hydrogen) atoms. The molecule has 1 aromatic heterocycles. The third-order valence-electron chi connectivity index (χ3n) is 5.36. The first-order chi connectivity index (χ1) is 13.0. The Labute approximate surface area is 161 Å². The van der Waals surface area contributed by atoms with Crippen molar-refractivity contribution in [3.05, 3.63) is 40.9 Å². The van der Waals surface area contributed by atoms with Crippen LogP contribution in [0.25, 0.3) is 5.69 Å². The molecule has 1 aliphatic heterocycles. The van der Waals surface area contributed by atoms with Gasteiger partial charge in [-0.25, -0.2) is 9.67 Å². The second-order valence-electron chi connectivity index (χ2n) is 7.39. The molecular formula is C19H21ClN4O3. The Hall–Kier alpha value is -2.41. The number of likely N-dealkylation sites (tertiary alicyclic amines) is 1. The van der Waals surface area contributed by atoms with Crippen LogP contribution in [0, 0.1) is 11.8 Å². The van der Waals surface area contributed by atoms with Crippen molar-refractivity contribution < 1.29 is 14.7 Å². The van der Waals surface area contributed by atoms with E-state index in [2.05, 4.69) is 10.1 Å². The van der Waals surface area contributed by atoms with E-state index in [-0.39, 0.29) is 17.6 Å². The normalized spacial score (nSPS) is 22.7. The fourth-order valence-corrected chi connectivity index (χ4v) is 3.88. The molecular weight excluding hydrogens is 368 g/mol. The summed E-state index contributed by atoms with van der Waals surface area (Å²) in [7, 11) is 0. The van der Waals surface area contributed by atoms with Gasteiger partial charge in [-0.1, -0.05) is 30.7 Å². The number of aliphatic carboxylic acids is 1. The fourth-order valence-electron chi connectivity index (χ4n) is 3.66. The summed E-state index contributed by atoms with van der Waals surface area (Å²) in [4.78, 5) is 30.4. The van der Waals surface area contributed by atoms with Gasteiger partial charge in [-0.15, -0.1) is 5.10 Å². The maximum Gasteiger partial charge on any atom is 0.306 e. The summed E-state index contributed by atoms with van der Waals surface area (Å²) in [6.45, 7) is 2.67. The first kappa shape index (κ1) is 18.0. The Kier molecular flexibility index (Phi) is 4.63. The first-order valence-corrected chi connectivity index (χ1v) is 9.57. The van der Waals surface area contributed by atoms with Crippen LogP contribution in [0.15, 0.2) is 24.3 Å². The Morgan fingerprint density at radius 1 is 1.22 bits per heavy atom. The molecule has 1 N–H and O–H groups in total. The second kappa shape index (κ2) is 6.96. The average molecular weight is 389 g/mol. The van der Waals surface area contributed by atoms with Crippen molar-refractivity contribution >= 4 is 23.5 Å². The van der Waals surface area contributed by atoms with Gasteiger partial charge < -0.3 is 10.0 Å². The summed E-state index contributed by atoms with van der Waals surface area (Å²) in [6.07, 6.45) is 2.50. The Morgan fingerprint density at radius 3 is 2.59 bits per heavy atom. The highest BCUT2D eigenvalue weighted by atomic mass is 35.5. The SMILES string of the molecule is CC1CN(C(=O)c2nc(C3CC3)n(-c3ccccc3Cl)n2)CCC1C(=O)O. The van der Waals surface area contributed by atoms with Crippen molar-refractivity contribution in [1.82, 2.24) is 19.7 Å². The van der Waals surface area contributed by atoms with E-state index in [4.69, 9.17) is 11.6 Å². The van der Waals surface area contributed by atoms with E-state index in [1.165, 1.54) is 0 Å². The van der Waals surface area contributed by atoms with Crippen molar-refractivity contribution in [2.45, 2.75) is 32.1 Å². The number of amides is 1. The molecule has 1 aromatic carbocycles. The van der Waals surface area contributed by atoms with Gasteiger partial charge in [-0.2, -0.15) is 0 Å². The molecule has 4 rings (SSSR count). The molecule has 2 aromatic rings. The number of halogens is 1. The Bertz CT molecular complexity index is 893. The van der Waals surface area contributed by atoms with Crippen LogP contribution in [0.3, 0.4) is 0 Å². The minimum atomic E-state index is -0.799. The monoisotopic (exact) mass is 388 g/mol. The van der Waals surface area contributed by atoms with Crippen LogP contribution in [0.2, 0.25) is 5.02 Å². The predicted molar refractivity (Wildman–Crippen MR) is 99.2 cm³/mol. The van der Waals surface area contributed by atoms with E-state index in [1.54, 1.807) is 15.6 Å². The van der Waals surface area contributed by atoms with Gasteiger partial charge in [0.15, 0.2) is 0 Å². The highest BCUT2D eigenvalue weighted by molar-refractivity contribution is 6.32. The largest absolute Gasteiger partial charge is 0.481 e. The lowest BCUT2D eigenvalue weighted by atomic mass is 9.87. The van der Waals surface area contributed by atoms with E-state index in [0.717, 1.165) is 18.7 Å². The van der Waals surface area contributed by atoms with Crippen molar-refractivity contribution in [3.63, 3.8) is 0 Å². The summed E-state index contributed by atoms with van der Waals surface area (Å²) in [5, 5.41) is 14.3. The molecule has 142 valence electrons. The maximum absolute atomic E-state index is 13.0. The number of benzene rings is 1. The number of carbonyl (C=O) groups excluding carboxylic acids is 1. The van der Waals surface area contributed by atoms with Gasteiger partial charge in [0.05, 0.1) is 16.6 Å². The Morgan fingerprint density at radius 2 is 1.96 bits per heavy atom. The zero-order chi connectivity index (χ0) is 19.1. The number of hydrogen-bond donors (Lipinski definition) is 1. The highest BCUT2D eigenvalue weighted by Crippen LogP contribution is 2.40. The van der Waals surface area contributed by atoms with Gasteiger partial charge in [0.2, 0.25) is 5.82 Å². The molecule has 0 bridgehead atoms. The molecule has 0 spiro atoms. The average Bonchev–Trinajstić information content (AvgIpc) is 3.40. The van der Waals surface area contributed by atoms with Crippen LogP contribution in [-0.2, 0) is 4.79 Å². The van der Waals surface area contributed by atoms with Crippen molar-refractivity contribution in [1.29, 1.82) is 0 Å². The number of carboxylic acids is 1. The summed E-state index contributed by atoms with van der Waals surface area (Å²) in [6, 6.07) is 7.37. The van der Waals surface area contributed by atoms with E-state index in [0.29, 0.717) is 36.1 Å². The molecule has 1 saturated carbocycles. The van der Waals surface area contributed by atoms with E-state index >= 15 is 0 Å². The van der Waals surface area contributed by atoms with Gasteiger partial charge in [-0.3, -0.25) is 9.59 Å². The molecule has 2 atom stereocenters. The number of nitrogens with zero attached hydrogens (tertiary/aromatic N) is 4. The van der Waals surface area contributed by atoms with Crippen molar-refractivity contribution in [2.75, 3.05) is 13.1 Å². The number of aromatic nitrogens is 3. The standard InChI is InChI=1S/C19H21ClN4O3/c1-11-10-23(9-8-13(11)19(26)27)18(25)16-21-17(12-6-7-12)24(22-16)15-5-3-2-4-14(15)20/h2-5,11-13H,6-10H2,1H3,(H,26,27). The van der Waals surface area contributed by atoms with Crippen molar-refractivity contribution in [3.8, 4) is 5.69 Å². The van der Waals surface area contributed by atoms with Crippen LogP contribution in [0.4, 0.5) is 0 Å². The molecule has 1 saturated heterocycles. The molecule has 2 aliphatic rings. The Balaban J connectivity index is 1.61. The quantitative estimate of drug-likeness (QED) is 0.869. The number of hydrogen-bond acceptors (Lipinski definition) is 4. The summed E-state index contributed by atoms with van der Waals surface area (Å²) >= 11 is 6.32. The smallest absolute Gasteiger partial charge is 0.306 e. The second-order valence-corrected chi connectivity index (χ2v) is 7.80. The van der Waals surface area contributed by atoms with Crippen LogP contribution in [0.1, 0.15) is 48.5 Å². The number of para-hydroxylation sites is 1. The topological polar surface area (TPSA) is 88.3 Å². The maximum atomic E-state index is 13.0. The van der Waals surface area contributed by atoms with Crippen LogP contribution < -0.4 is 0 Å². The molecule has 2 heterocycles.